The van der Waals surface area contributed by atoms with Crippen LogP contribution in [0.5, 0.6) is 0 Å². The van der Waals surface area contributed by atoms with Crippen molar-refractivity contribution >= 4 is 17.5 Å². The molecule has 0 bridgehead atoms. The number of carbonyl (C=O) groups excluding carboxylic acids is 1. The molecule has 0 saturated heterocycles. The second-order valence-electron chi connectivity index (χ2n) is 5.96. The molecule has 136 valence electrons. The summed E-state index contributed by atoms with van der Waals surface area (Å²) in [5.41, 5.74) is 1.78. The van der Waals surface area contributed by atoms with E-state index in [0.717, 1.165) is 0 Å². The molecule has 1 amide bonds. The maximum atomic E-state index is 13.7. The van der Waals surface area contributed by atoms with Crippen LogP contribution in [0.3, 0.4) is 0 Å². The van der Waals surface area contributed by atoms with Crippen molar-refractivity contribution in [1.82, 2.24) is 10.5 Å². The molecule has 0 radical (unpaired) electrons. The minimum absolute atomic E-state index is 0.132. The first-order valence-corrected chi connectivity index (χ1v) is 8.51. The Bertz CT molecular complexity index is 981. The molecule has 0 aliphatic rings. The van der Waals surface area contributed by atoms with Crippen LogP contribution >= 0.6 is 11.6 Å². The maximum absolute atomic E-state index is 13.7. The van der Waals surface area contributed by atoms with E-state index in [1.165, 1.54) is 12.1 Å². The van der Waals surface area contributed by atoms with E-state index in [2.05, 4.69) is 10.5 Å². The lowest BCUT2D eigenvalue weighted by molar-refractivity contribution is -0.121. The quantitative estimate of drug-likeness (QED) is 0.719. The molecule has 1 unspecified atom stereocenters. The molecule has 5 nitrogen and oxygen atoms in total. The summed E-state index contributed by atoms with van der Waals surface area (Å²) in [6, 6.07) is 14.3. The molecule has 1 aromatic heterocycles. The van der Waals surface area contributed by atoms with E-state index in [1.54, 1.807) is 43.3 Å². The zero-order valence-electron chi connectivity index (χ0n) is 14.4. The lowest BCUT2D eigenvalue weighted by Gasteiger charge is -2.20. The predicted molar refractivity (Wildman–Crippen MR) is 97.5 cm³/mol. The summed E-state index contributed by atoms with van der Waals surface area (Å²) >= 11 is 6.07. The molecular formula is C20H15ClFN3O2. The number of carbonyl (C=O) groups is 1. The van der Waals surface area contributed by atoms with Gasteiger partial charge in [-0.2, -0.15) is 5.26 Å². The fourth-order valence-corrected chi connectivity index (χ4v) is 2.98. The third-order valence-electron chi connectivity index (χ3n) is 4.04. The van der Waals surface area contributed by atoms with E-state index in [1.807, 2.05) is 6.07 Å². The highest BCUT2D eigenvalue weighted by molar-refractivity contribution is 6.30. The van der Waals surface area contributed by atoms with Gasteiger partial charge < -0.3 is 9.84 Å². The SMILES string of the molecule is Cc1onc(CC(=O)NC(c2cccc(F)c2)c2cccc(Cl)c2)c1C#N. The van der Waals surface area contributed by atoms with E-state index in [9.17, 15) is 9.18 Å². The van der Waals surface area contributed by atoms with Crippen molar-refractivity contribution < 1.29 is 13.7 Å². The first-order valence-electron chi connectivity index (χ1n) is 8.13. The Morgan fingerprint density at radius 3 is 2.67 bits per heavy atom. The van der Waals surface area contributed by atoms with Crippen LogP contribution in [-0.4, -0.2) is 11.1 Å². The highest BCUT2D eigenvalue weighted by Crippen LogP contribution is 2.25. The molecule has 1 atom stereocenters. The summed E-state index contributed by atoms with van der Waals surface area (Å²) in [4.78, 5) is 12.6. The number of hydrogen-bond donors (Lipinski definition) is 1. The molecule has 7 heteroatoms. The lowest BCUT2D eigenvalue weighted by atomic mass is 9.98. The zero-order chi connectivity index (χ0) is 19.4. The van der Waals surface area contributed by atoms with E-state index < -0.39 is 11.9 Å². The summed E-state index contributed by atoms with van der Waals surface area (Å²) in [7, 11) is 0. The van der Waals surface area contributed by atoms with Crippen molar-refractivity contribution in [2.45, 2.75) is 19.4 Å². The van der Waals surface area contributed by atoms with Crippen molar-refractivity contribution in [3.05, 3.63) is 87.5 Å². The van der Waals surface area contributed by atoms with Crippen molar-refractivity contribution in [2.24, 2.45) is 0 Å². The van der Waals surface area contributed by atoms with Gasteiger partial charge in [-0.1, -0.05) is 41.0 Å². The van der Waals surface area contributed by atoms with Gasteiger partial charge in [0.15, 0.2) is 5.76 Å². The van der Waals surface area contributed by atoms with Gasteiger partial charge in [-0.05, 0) is 42.3 Å². The van der Waals surface area contributed by atoms with E-state index in [0.29, 0.717) is 21.9 Å². The summed E-state index contributed by atoms with van der Waals surface area (Å²) in [5, 5.41) is 16.3. The fraction of sp³-hybridized carbons (Fsp3) is 0.150. The molecule has 0 fully saturated rings. The molecule has 27 heavy (non-hydrogen) atoms. The number of nitrogens with zero attached hydrogens (tertiary/aromatic N) is 2. The van der Waals surface area contributed by atoms with Crippen LogP contribution in [-0.2, 0) is 11.2 Å². The third-order valence-corrected chi connectivity index (χ3v) is 4.28. The molecule has 1 N–H and O–H groups in total. The van der Waals surface area contributed by atoms with E-state index in [-0.39, 0.29) is 23.6 Å². The van der Waals surface area contributed by atoms with Crippen LogP contribution < -0.4 is 5.32 Å². The first kappa shape index (κ1) is 18.6. The number of halogens is 2. The number of hydrogen-bond acceptors (Lipinski definition) is 4. The Kier molecular flexibility index (Phi) is 5.53. The Hall–Kier alpha value is -3.17. The maximum Gasteiger partial charge on any atom is 0.226 e. The molecule has 2 aromatic carbocycles. The van der Waals surface area contributed by atoms with Gasteiger partial charge in [0.05, 0.1) is 12.5 Å². The number of nitriles is 1. The summed E-state index contributed by atoms with van der Waals surface area (Å²) in [6.07, 6.45) is -0.132. The van der Waals surface area contributed by atoms with Crippen LogP contribution in [0.25, 0.3) is 0 Å². The Morgan fingerprint density at radius 2 is 2.00 bits per heavy atom. The number of benzene rings is 2. The van der Waals surface area contributed by atoms with Gasteiger partial charge in [-0.25, -0.2) is 4.39 Å². The van der Waals surface area contributed by atoms with E-state index >= 15 is 0 Å². The van der Waals surface area contributed by atoms with Gasteiger partial charge in [0.25, 0.3) is 0 Å². The standard InChI is InChI=1S/C20H15ClFN3O2/c1-12-17(11-23)18(25-27-12)10-19(26)24-20(13-4-2-6-15(21)8-13)14-5-3-7-16(22)9-14/h2-9,20H,10H2,1H3,(H,24,26). The second-order valence-corrected chi connectivity index (χ2v) is 6.40. The molecule has 0 spiro atoms. The molecule has 3 rings (SSSR count). The summed E-state index contributed by atoms with van der Waals surface area (Å²) < 4.78 is 18.7. The average molecular weight is 384 g/mol. The largest absolute Gasteiger partial charge is 0.360 e. The number of nitrogens with one attached hydrogen (secondary N) is 1. The summed E-state index contributed by atoms with van der Waals surface area (Å²) in [6.45, 7) is 1.61. The highest BCUT2D eigenvalue weighted by Gasteiger charge is 2.21. The molecule has 0 saturated carbocycles. The van der Waals surface area contributed by atoms with Gasteiger partial charge in [0, 0.05) is 5.02 Å². The monoisotopic (exact) mass is 383 g/mol. The minimum Gasteiger partial charge on any atom is -0.360 e. The normalized spacial score (nSPS) is 11.6. The average Bonchev–Trinajstić information content (AvgIpc) is 2.99. The van der Waals surface area contributed by atoms with Gasteiger partial charge in [-0.3, -0.25) is 4.79 Å². The Labute approximate surface area is 160 Å². The molecular weight excluding hydrogens is 369 g/mol. The van der Waals surface area contributed by atoms with Crippen molar-refractivity contribution in [1.29, 1.82) is 5.26 Å². The Balaban J connectivity index is 1.89. The van der Waals surface area contributed by atoms with Crippen LogP contribution in [0.4, 0.5) is 4.39 Å². The van der Waals surface area contributed by atoms with Gasteiger partial charge in [-0.15, -0.1) is 0 Å². The van der Waals surface area contributed by atoms with Gasteiger partial charge >= 0.3 is 0 Å². The lowest BCUT2D eigenvalue weighted by Crippen LogP contribution is -2.31. The van der Waals surface area contributed by atoms with Crippen molar-refractivity contribution in [3.63, 3.8) is 0 Å². The van der Waals surface area contributed by atoms with E-state index in [4.69, 9.17) is 21.4 Å². The number of aryl methyl sites for hydroxylation is 1. The number of rotatable bonds is 5. The Morgan fingerprint density at radius 1 is 1.30 bits per heavy atom. The molecule has 1 heterocycles. The number of amides is 1. The molecule has 0 aliphatic heterocycles. The van der Waals surface area contributed by atoms with Gasteiger partial charge in [0.1, 0.15) is 23.1 Å². The molecule has 3 aromatic rings. The third kappa shape index (κ3) is 4.33. The van der Waals surface area contributed by atoms with Gasteiger partial charge in [0.2, 0.25) is 5.91 Å². The molecule has 0 aliphatic carbocycles. The van der Waals surface area contributed by atoms with Crippen LogP contribution in [0.2, 0.25) is 5.02 Å². The zero-order valence-corrected chi connectivity index (χ0v) is 15.1. The van der Waals surface area contributed by atoms with Crippen LogP contribution in [0, 0.1) is 24.1 Å². The van der Waals surface area contributed by atoms with Crippen LogP contribution in [0.1, 0.15) is 34.2 Å². The fourth-order valence-electron chi connectivity index (χ4n) is 2.78. The van der Waals surface area contributed by atoms with Crippen molar-refractivity contribution in [3.8, 4) is 6.07 Å². The van der Waals surface area contributed by atoms with Crippen LogP contribution in [0.15, 0.2) is 53.1 Å². The van der Waals surface area contributed by atoms with Crippen molar-refractivity contribution in [2.75, 3.05) is 0 Å². The number of aromatic nitrogens is 1. The summed E-state index contributed by atoms with van der Waals surface area (Å²) in [5.74, 6) is -0.432. The highest BCUT2D eigenvalue weighted by atomic mass is 35.5. The topological polar surface area (TPSA) is 78.9 Å². The first-order chi connectivity index (χ1) is 13.0. The minimum atomic E-state index is -0.606. The second kappa shape index (κ2) is 8.02. The predicted octanol–water partition coefficient (Wildman–Crippen LogP) is 4.10. The smallest absolute Gasteiger partial charge is 0.226 e.